The summed E-state index contributed by atoms with van der Waals surface area (Å²) in [4.78, 5) is 0. The number of nitrogens with zero attached hydrogens (tertiary/aromatic N) is 3. The Bertz CT molecular complexity index is 308. The van der Waals surface area contributed by atoms with Crippen LogP contribution in [0, 0.1) is 5.92 Å². The van der Waals surface area contributed by atoms with Gasteiger partial charge in [-0.15, -0.1) is 21.8 Å². The van der Waals surface area contributed by atoms with Crippen molar-refractivity contribution in [1.29, 1.82) is 0 Å². The topological polar surface area (TPSA) is 30.7 Å². The highest BCUT2D eigenvalue weighted by molar-refractivity contribution is 6.16. The lowest BCUT2D eigenvalue weighted by molar-refractivity contribution is 0.666. The molecule has 3 nitrogen and oxygen atoms in total. The van der Waals surface area contributed by atoms with E-state index in [0.29, 0.717) is 11.8 Å². The molecule has 1 aliphatic carbocycles. The van der Waals surface area contributed by atoms with Gasteiger partial charge in [-0.3, -0.25) is 0 Å². The van der Waals surface area contributed by atoms with Crippen LogP contribution in [0.2, 0.25) is 0 Å². The molecule has 1 aromatic rings. The molecule has 0 amide bonds. The number of rotatable bonds is 3. The lowest BCUT2D eigenvalue weighted by Crippen LogP contribution is -2.04. The molecule has 2 unspecified atom stereocenters. The van der Waals surface area contributed by atoms with Crippen LogP contribution in [0.25, 0.3) is 0 Å². The van der Waals surface area contributed by atoms with Gasteiger partial charge in [-0.1, -0.05) is 6.92 Å². The molecule has 1 aromatic heterocycles. The van der Waals surface area contributed by atoms with Gasteiger partial charge in [0.2, 0.25) is 0 Å². The fraction of sp³-hybridized carbons (Fsp3) is 0.778. The number of halogens is 1. The van der Waals surface area contributed by atoms with Crippen LogP contribution in [0.1, 0.15) is 37.8 Å². The first-order valence-corrected chi connectivity index (χ1v) is 5.29. The molecule has 0 spiro atoms. The smallest absolute Gasteiger partial charge is 0.147 e. The van der Waals surface area contributed by atoms with Crippen LogP contribution in [0.5, 0.6) is 0 Å². The van der Waals surface area contributed by atoms with E-state index in [1.54, 1.807) is 0 Å². The lowest BCUT2D eigenvalue weighted by Gasteiger charge is -2.04. The Balaban J connectivity index is 2.29. The summed E-state index contributed by atoms with van der Waals surface area (Å²) in [7, 11) is 0. The normalized spacial score (nSPS) is 26.4. The predicted octanol–water partition coefficient (Wildman–Crippen LogP) is 2.16. The van der Waals surface area contributed by atoms with Gasteiger partial charge >= 0.3 is 0 Å². The van der Waals surface area contributed by atoms with Gasteiger partial charge in [0.15, 0.2) is 0 Å². The van der Waals surface area contributed by atoms with Crippen molar-refractivity contribution in [3.05, 3.63) is 11.6 Å². The lowest BCUT2D eigenvalue weighted by atomic mass is 10.3. The van der Waals surface area contributed by atoms with Crippen molar-refractivity contribution in [3.8, 4) is 0 Å². The van der Waals surface area contributed by atoms with Crippen LogP contribution in [0.15, 0.2) is 0 Å². The Morgan fingerprint density at radius 3 is 2.69 bits per heavy atom. The highest BCUT2D eigenvalue weighted by Gasteiger charge is 2.38. The second-order valence-electron chi connectivity index (χ2n) is 3.67. The van der Waals surface area contributed by atoms with E-state index >= 15 is 0 Å². The quantitative estimate of drug-likeness (QED) is 0.699. The number of alkyl halides is 1. The molecule has 13 heavy (non-hydrogen) atoms. The fourth-order valence-corrected chi connectivity index (χ4v) is 1.95. The highest BCUT2D eigenvalue weighted by Crippen LogP contribution is 2.46. The molecule has 0 N–H and O–H groups in total. The summed E-state index contributed by atoms with van der Waals surface area (Å²) in [5, 5.41) is 8.28. The van der Waals surface area contributed by atoms with Crippen molar-refractivity contribution < 1.29 is 0 Å². The standard InChI is InChI=1S/C9H14ClN3/c1-3-13-8(5-10)11-12-9(13)7-4-6(7)2/h6-7H,3-5H2,1-2H3. The maximum Gasteiger partial charge on any atom is 0.147 e. The molecule has 0 aromatic carbocycles. The van der Waals surface area contributed by atoms with Crippen LogP contribution in [-0.4, -0.2) is 14.8 Å². The average Bonchev–Trinajstić information content (AvgIpc) is 2.72. The van der Waals surface area contributed by atoms with E-state index in [4.69, 9.17) is 11.6 Å². The first-order valence-electron chi connectivity index (χ1n) is 4.75. The number of hydrogen-bond donors (Lipinski definition) is 0. The first-order chi connectivity index (χ1) is 6.27. The Hall–Kier alpha value is -0.570. The second kappa shape index (κ2) is 3.29. The minimum absolute atomic E-state index is 0.460. The molecule has 72 valence electrons. The van der Waals surface area contributed by atoms with Gasteiger partial charge in [0.25, 0.3) is 0 Å². The predicted molar refractivity (Wildman–Crippen MR) is 51.8 cm³/mol. The Morgan fingerprint density at radius 1 is 1.54 bits per heavy atom. The molecule has 1 aliphatic rings. The van der Waals surface area contributed by atoms with Gasteiger partial charge in [0, 0.05) is 12.5 Å². The molecule has 2 atom stereocenters. The van der Waals surface area contributed by atoms with Crippen LogP contribution in [-0.2, 0) is 12.4 Å². The minimum Gasteiger partial charge on any atom is -0.314 e. The Morgan fingerprint density at radius 2 is 2.23 bits per heavy atom. The summed E-state index contributed by atoms with van der Waals surface area (Å²) < 4.78 is 2.14. The van der Waals surface area contributed by atoms with Crippen LogP contribution in [0.3, 0.4) is 0 Å². The van der Waals surface area contributed by atoms with E-state index in [1.807, 2.05) is 0 Å². The van der Waals surface area contributed by atoms with Crippen molar-refractivity contribution in [2.75, 3.05) is 0 Å². The summed E-state index contributed by atoms with van der Waals surface area (Å²) in [6.07, 6.45) is 1.25. The zero-order valence-corrected chi connectivity index (χ0v) is 8.75. The summed E-state index contributed by atoms with van der Waals surface area (Å²) >= 11 is 5.76. The fourth-order valence-electron chi connectivity index (χ4n) is 1.75. The SMILES string of the molecule is CCn1c(CCl)nnc1C1CC1C. The molecule has 2 rings (SSSR count). The average molecular weight is 200 g/mol. The van der Waals surface area contributed by atoms with Gasteiger partial charge in [-0.05, 0) is 19.3 Å². The zero-order chi connectivity index (χ0) is 9.42. The van der Waals surface area contributed by atoms with Crippen molar-refractivity contribution in [2.45, 2.75) is 38.6 Å². The third-order valence-corrected chi connectivity index (χ3v) is 2.97. The highest BCUT2D eigenvalue weighted by atomic mass is 35.5. The van der Waals surface area contributed by atoms with Crippen molar-refractivity contribution >= 4 is 11.6 Å². The summed E-state index contributed by atoms with van der Waals surface area (Å²) in [5.74, 6) is 3.90. The summed E-state index contributed by atoms with van der Waals surface area (Å²) in [6.45, 7) is 5.28. The maximum atomic E-state index is 5.76. The molecule has 1 heterocycles. The maximum absolute atomic E-state index is 5.76. The van der Waals surface area contributed by atoms with Gasteiger partial charge < -0.3 is 4.57 Å². The zero-order valence-electron chi connectivity index (χ0n) is 8.00. The van der Waals surface area contributed by atoms with Gasteiger partial charge in [0.1, 0.15) is 11.6 Å². The van der Waals surface area contributed by atoms with E-state index in [9.17, 15) is 0 Å². The first kappa shape index (κ1) is 9.00. The third kappa shape index (κ3) is 1.46. The Labute approximate surface area is 83.1 Å². The molecule has 0 radical (unpaired) electrons. The van der Waals surface area contributed by atoms with Crippen LogP contribution in [0.4, 0.5) is 0 Å². The molecule has 0 bridgehead atoms. The molecule has 4 heteroatoms. The van der Waals surface area contributed by atoms with Crippen molar-refractivity contribution in [3.63, 3.8) is 0 Å². The van der Waals surface area contributed by atoms with Gasteiger partial charge in [0.05, 0.1) is 5.88 Å². The van der Waals surface area contributed by atoms with Crippen molar-refractivity contribution in [1.82, 2.24) is 14.8 Å². The van der Waals surface area contributed by atoms with Gasteiger partial charge in [-0.25, -0.2) is 0 Å². The minimum atomic E-state index is 0.460. The largest absolute Gasteiger partial charge is 0.314 e. The van der Waals surface area contributed by atoms with Gasteiger partial charge in [-0.2, -0.15) is 0 Å². The summed E-state index contributed by atoms with van der Waals surface area (Å²) in [6, 6.07) is 0. The molecular formula is C9H14ClN3. The van der Waals surface area contributed by atoms with Crippen LogP contribution < -0.4 is 0 Å². The summed E-state index contributed by atoms with van der Waals surface area (Å²) in [5.41, 5.74) is 0. The van der Waals surface area contributed by atoms with E-state index in [2.05, 4.69) is 28.6 Å². The van der Waals surface area contributed by atoms with Crippen LogP contribution >= 0.6 is 11.6 Å². The molecule has 1 fully saturated rings. The number of aromatic nitrogens is 3. The van der Waals surface area contributed by atoms with E-state index < -0.39 is 0 Å². The molecule has 0 saturated heterocycles. The van der Waals surface area contributed by atoms with E-state index in [0.717, 1.165) is 24.1 Å². The second-order valence-corrected chi connectivity index (χ2v) is 3.94. The number of hydrogen-bond acceptors (Lipinski definition) is 2. The third-order valence-electron chi connectivity index (χ3n) is 2.73. The van der Waals surface area contributed by atoms with E-state index in [-0.39, 0.29) is 0 Å². The van der Waals surface area contributed by atoms with Crippen molar-refractivity contribution in [2.24, 2.45) is 5.92 Å². The molecule has 1 saturated carbocycles. The monoisotopic (exact) mass is 199 g/mol. The molecule has 0 aliphatic heterocycles. The van der Waals surface area contributed by atoms with E-state index in [1.165, 1.54) is 6.42 Å². The molecular weight excluding hydrogens is 186 g/mol. The Kier molecular flexibility index (Phi) is 2.28.